The van der Waals surface area contributed by atoms with Crippen molar-refractivity contribution < 1.29 is 18.3 Å². The van der Waals surface area contributed by atoms with Gasteiger partial charge in [0, 0.05) is 26.2 Å². The maximum atomic E-state index is 12.5. The Morgan fingerprint density at radius 3 is 2.38 bits per heavy atom. The monoisotopic (exact) mass is 318 g/mol. The summed E-state index contributed by atoms with van der Waals surface area (Å²) in [6, 6.07) is 0. The highest BCUT2D eigenvalue weighted by Gasteiger charge is 2.29. The molecule has 0 amide bonds. The quantitative estimate of drug-likeness (QED) is 0.818. The van der Waals surface area contributed by atoms with Crippen molar-refractivity contribution >= 4 is 16.0 Å². The summed E-state index contributed by atoms with van der Waals surface area (Å²) in [5.41, 5.74) is 0. The van der Waals surface area contributed by atoms with E-state index in [-0.39, 0.29) is 12.3 Å². The molecule has 0 spiro atoms. The van der Waals surface area contributed by atoms with Crippen LogP contribution in [0.2, 0.25) is 0 Å². The number of aliphatic carboxylic acids is 1. The summed E-state index contributed by atoms with van der Waals surface area (Å²) in [5, 5.41) is 8.83. The standard InChI is InChI=1S/C14H26N2O4S/c17-14(18)11-15-7-4-8-16(10-9-15)21(19,20)12-13-5-2-1-3-6-13/h13H,1-12H2,(H,17,18). The van der Waals surface area contributed by atoms with Gasteiger partial charge in [-0.25, -0.2) is 12.7 Å². The number of hydrogen-bond acceptors (Lipinski definition) is 4. The molecule has 6 nitrogen and oxygen atoms in total. The molecule has 1 N–H and O–H groups in total. The zero-order valence-corrected chi connectivity index (χ0v) is 13.4. The number of rotatable bonds is 5. The van der Waals surface area contributed by atoms with Gasteiger partial charge < -0.3 is 5.11 Å². The maximum absolute atomic E-state index is 12.5. The first kappa shape index (κ1) is 16.7. The van der Waals surface area contributed by atoms with E-state index >= 15 is 0 Å². The number of sulfonamides is 1. The Balaban J connectivity index is 1.89. The minimum atomic E-state index is -3.20. The smallest absolute Gasteiger partial charge is 0.317 e. The molecule has 1 saturated heterocycles. The third-order valence-corrected chi connectivity index (χ3v) is 6.52. The number of carbonyl (C=O) groups is 1. The molecule has 1 aliphatic carbocycles. The highest BCUT2D eigenvalue weighted by molar-refractivity contribution is 7.89. The van der Waals surface area contributed by atoms with E-state index in [0.29, 0.717) is 38.5 Å². The van der Waals surface area contributed by atoms with Crippen LogP contribution in [0.3, 0.4) is 0 Å². The number of carboxylic acid groups (broad SMARTS) is 1. The highest BCUT2D eigenvalue weighted by Crippen LogP contribution is 2.26. The van der Waals surface area contributed by atoms with E-state index in [2.05, 4.69) is 0 Å². The second-order valence-electron chi connectivity index (χ2n) is 6.21. The second kappa shape index (κ2) is 7.56. The zero-order valence-electron chi connectivity index (χ0n) is 12.5. The Labute approximate surface area is 127 Å². The largest absolute Gasteiger partial charge is 0.480 e. The fourth-order valence-electron chi connectivity index (χ4n) is 3.33. The van der Waals surface area contributed by atoms with Crippen LogP contribution in [0.1, 0.15) is 38.5 Å². The SMILES string of the molecule is O=C(O)CN1CCCN(S(=O)(=O)CC2CCCCC2)CC1. The molecule has 0 unspecified atom stereocenters. The summed E-state index contributed by atoms with van der Waals surface area (Å²) in [5.74, 6) is -0.276. The fraction of sp³-hybridized carbons (Fsp3) is 0.929. The number of nitrogens with zero attached hydrogens (tertiary/aromatic N) is 2. The van der Waals surface area contributed by atoms with Crippen LogP contribution in [-0.2, 0) is 14.8 Å². The van der Waals surface area contributed by atoms with Crippen LogP contribution in [0, 0.1) is 5.92 Å². The molecule has 2 aliphatic rings. The van der Waals surface area contributed by atoms with Crippen LogP contribution < -0.4 is 0 Å². The number of carboxylic acids is 1. The van der Waals surface area contributed by atoms with Crippen molar-refractivity contribution in [3.8, 4) is 0 Å². The summed E-state index contributed by atoms with van der Waals surface area (Å²) in [4.78, 5) is 12.6. The first-order valence-corrected chi connectivity index (χ1v) is 9.50. The van der Waals surface area contributed by atoms with Crippen LogP contribution >= 0.6 is 0 Å². The molecule has 0 atom stereocenters. The summed E-state index contributed by atoms with van der Waals surface area (Å²) < 4.78 is 26.6. The van der Waals surface area contributed by atoms with Crippen LogP contribution in [0.25, 0.3) is 0 Å². The van der Waals surface area contributed by atoms with E-state index in [4.69, 9.17) is 5.11 Å². The van der Waals surface area contributed by atoms with E-state index in [1.807, 2.05) is 4.90 Å². The van der Waals surface area contributed by atoms with Gasteiger partial charge in [0.1, 0.15) is 0 Å². The molecule has 7 heteroatoms. The first-order valence-electron chi connectivity index (χ1n) is 7.89. The molecular weight excluding hydrogens is 292 g/mol. The molecule has 1 aliphatic heterocycles. The van der Waals surface area contributed by atoms with Gasteiger partial charge in [-0.15, -0.1) is 0 Å². The average Bonchev–Trinajstić information content (AvgIpc) is 2.65. The van der Waals surface area contributed by atoms with E-state index in [1.165, 1.54) is 6.42 Å². The van der Waals surface area contributed by atoms with Gasteiger partial charge >= 0.3 is 5.97 Å². The van der Waals surface area contributed by atoms with Gasteiger partial charge in [-0.1, -0.05) is 19.3 Å². The van der Waals surface area contributed by atoms with Gasteiger partial charge in [-0.2, -0.15) is 0 Å². The van der Waals surface area contributed by atoms with Crippen molar-refractivity contribution in [2.24, 2.45) is 5.92 Å². The Morgan fingerprint density at radius 1 is 1.00 bits per heavy atom. The first-order chi connectivity index (χ1) is 9.97. The van der Waals surface area contributed by atoms with Crippen molar-refractivity contribution in [3.05, 3.63) is 0 Å². The molecule has 0 aromatic carbocycles. The zero-order chi connectivity index (χ0) is 15.3. The van der Waals surface area contributed by atoms with Gasteiger partial charge in [0.15, 0.2) is 0 Å². The van der Waals surface area contributed by atoms with Crippen LogP contribution in [0.15, 0.2) is 0 Å². The average molecular weight is 318 g/mol. The van der Waals surface area contributed by atoms with Crippen molar-refractivity contribution in [2.45, 2.75) is 38.5 Å². The Morgan fingerprint density at radius 2 is 1.71 bits per heavy atom. The topological polar surface area (TPSA) is 77.9 Å². The van der Waals surface area contributed by atoms with Gasteiger partial charge in [0.2, 0.25) is 10.0 Å². The Hall–Kier alpha value is -0.660. The van der Waals surface area contributed by atoms with E-state index in [1.54, 1.807) is 4.31 Å². The predicted molar refractivity (Wildman–Crippen MR) is 80.6 cm³/mol. The molecular formula is C14H26N2O4S. The van der Waals surface area contributed by atoms with E-state index < -0.39 is 16.0 Å². The van der Waals surface area contributed by atoms with Crippen molar-refractivity contribution in [2.75, 3.05) is 38.5 Å². The normalized spacial score (nSPS) is 23.8. The third kappa shape index (κ3) is 5.23. The molecule has 0 bridgehead atoms. The molecule has 1 saturated carbocycles. The highest BCUT2D eigenvalue weighted by atomic mass is 32.2. The van der Waals surface area contributed by atoms with Crippen LogP contribution in [0.4, 0.5) is 0 Å². The second-order valence-corrected chi connectivity index (χ2v) is 8.22. The third-order valence-electron chi connectivity index (χ3n) is 4.47. The van der Waals surface area contributed by atoms with E-state index in [0.717, 1.165) is 25.7 Å². The van der Waals surface area contributed by atoms with Crippen LogP contribution in [-0.4, -0.2) is 67.2 Å². The number of hydrogen-bond donors (Lipinski definition) is 1. The lowest BCUT2D eigenvalue weighted by atomic mass is 9.91. The molecule has 2 fully saturated rings. The maximum Gasteiger partial charge on any atom is 0.317 e. The van der Waals surface area contributed by atoms with Crippen molar-refractivity contribution in [1.82, 2.24) is 9.21 Å². The molecule has 122 valence electrons. The molecule has 0 aromatic rings. The van der Waals surface area contributed by atoms with Crippen molar-refractivity contribution in [3.63, 3.8) is 0 Å². The lowest BCUT2D eigenvalue weighted by Gasteiger charge is -2.26. The minimum Gasteiger partial charge on any atom is -0.480 e. The minimum absolute atomic E-state index is 0.00346. The van der Waals surface area contributed by atoms with Gasteiger partial charge in [-0.3, -0.25) is 9.69 Å². The van der Waals surface area contributed by atoms with Crippen LogP contribution in [0.5, 0.6) is 0 Å². The lowest BCUT2D eigenvalue weighted by Crippen LogP contribution is -2.39. The molecule has 1 heterocycles. The predicted octanol–water partition coefficient (Wildman–Crippen LogP) is 0.989. The van der Waals surface area contributed by atoms with E-state index in [9.17, 15) is 13.2 Å². The van der Waals surface area contributed by atoms with Gasteiger partial charge in [0.25, 0.3) is 0 Å². The lowest BCUT2D eigenvalue weighted by molar-refractivity contribution is -0.138. The van der Waals surface area contributed by atoms with Crippen molar-refractivity contribution in [1.29, 1.82) is 0 Å². The molecule has 2 rings (SSSR count). The van der Waals surface area contributed by atoms with Gasteiger partial charge in [-0.05, 0) is 25.2 Å². The summed E-state index contributed by atoms with van der Waals surface area (Å²) in [7, 11) is -3.20. The molecule has 21 heavy (non-hydrogen) atoms. The molecule has 0 radical (unpaired) electrons. The molecule has 0 aromatic heterocycles. The Kier molecular flexibility index (Phi) is 6.01. The summed E-state index contributed by atoms with van der Waals surface area (Å²) >= 11 is 0. The Bertz CT molecular complexity index is 446. The summed E-state index contributed by atoms with van der Waals surface area (Å²) in [6.45, 7) is 2.10. The van der Waals surface area contributed by atoms with Gasteiger partial charge in [0.05, 0.1) is 12.3 Å². The fourth-order valence-corrected chi connectivity index (χ4v) is 5.24. The summed E-state index contributed by atoms with van der Waals surface area (Å²) in [6.07, 6.45) is 6.27.